The lowest BCUT2D eigenvalue weighted by Gasteiger charge is -2.45. The second-order valence-corrected chi connectivity index (χ2v) is 12.9. The summed E-state index contributed by atoms with van der Waals surface area (Å²) in [7, 11) is -3.95. The molecule has 2 fully saturated rings. The lowest BCUT2D eigenvalue weighted by atomic mass is 9.69. The Bertz CT molecular complexity index is 1250. The van der Waals surface area contributed by atoms with Gasteiger partial charge in [-0.05, 0) is 81.7 Å². The highest BCUT2D eigenvalue weighted by Gasteiger charge is 2.56. The summed E-state index contributed by atoms with van der Waals surface area (Å²) in [6.07, 6.45) is 1.98. The topological polar surface area (TPSA) is 104 Å². The monoisotopic (exact) mass is 527 g/mol. The van der Waals surface area contributed by atoms with Crippen LogP contribution in [-0.2, 0) is 9.84 Å². The number of sulfone groups is 1. The molecule has 4 atom stereocenters. The molecule has 0 heterocycles. The maximum atomic E-state index is 13.6. The fraction of sp³-hybridized carbons (Fsp3) is 0.480. The Labute approximate surface area is 208 Å². The van der Waals surface area contributed by atoms with Gasteiger partial charge < -0.3 is 15.5 Å². The Morgan fingerprint density at radius 1 is 1.11 bits per heavy atom. The SMILES string of the molecule is CC(C)(O)CC1(O)C2CC[C@H]1CC(S(=O)(=O)c1cc(C(=O)Nc3ccc(F)c(F)c3)ccc1Cl)C2. The van der Waals surface area contributed by atoms with Gasteiger partial charge >= 0.3 is 0 Å². The Hall–Kier alpha value is -2.07. The molecule has 0 aliphatic heterocycles. The fourth-order valence-corrected chi connectivity index (χ4v) is 8.07. The molecule has 190 valence electrons. The minimum atomic E-state index is -3.95. The summed E-state index contributed by atoms with van der Waals surface area (Å²) >= 11 is 6.25. The van der Waals surface area contributed by atoms with Gasteiger partial charge in [0.1, 0.15) is 0 Å². The zero-order valence-electron chi connectivity index (χ0n) is 19.4. The number of hydrogen-bond donors (Lipinski definition) is 3. The van der Waals surface area contributed by atoms with E-state index in [1.165, 1.54) is 24.3 Å². The highest BCUT2D eigenvalue weighted by molar-refractivity contribution is 7.92. The van der Waals surface area contributed by atoms with Gasteiger partial charge in [0.2, 0.25) is 0 Å². The van der Waals surface area contributed by atoms with Crippen molar-refractivity contribution in [2.24, 2.45) is 11.8 Å². The number of fused-ring (bicyclic) bond motifs is 2. The molecule has 2 aromatic carbocycles. The molecule has 3 N–H and O–H groups in total. The van der Waals surface area contributed by atoms with Gasteiger partial charge in [-0.1, -0.05) is 11.6 Å². The third-order valence-corrected chi connectivity index (χ3v) is 9.86. The average Bonchev–Trinajstić information content (AvgIpc) is 2.92. The van der Waals surface area contributed by atoms with Crippen molar-refractivity contribution >= 4 is 33.0 Å². The van der Waals surface area contributed by atoms with Crippen molar-refractivity contribution in [3.05, 3.63) is 58.6 Å². The molecule has 35 heavy (non-hydrogen) atoms. The minimum absolute atomic E-state index is 0.00461. The highest BCUT2D eigenvalue weighted by Crippen LogP contribution is 2.54. The molecule has 2 saturated carbocycles. The standard InChI is InChI=1S/C25H28ClF2NO5S/c1-24(2,31)13-25(32)15-4-5-16(25)11-18(10-15)35(33,34)22-9-14(3-7-19(22)26)23(30)29-17-6-8-20(27)21(28)12-17/h3,6-9,12,15-16,18,31-32H,4-5,10-11,13H2,1-2H3,(H,29,30)/t15-,16?,18?,25?/m0/s1. The van der Waals surface area contributed by atoms with Gasteiger partial charge in [-0.3, -0.25) is 4.79 Å². The lowest BCUT2D eigenvalue weighted by molar-refractivity contribution is -0.109. The third-order valence-electron chi connectivity index (χ3n) is 7.20. The second kappa shape index (κ2) is 9.10. The van der Waals surface area contributed by atoms with Gasteiger partial charge in [0.05, 0.1) is 26.4 Å². The van der Waals surface area contributed by atoms with Crippen LogP contribution in [0.4, 0.5) is 14.5 Å². The number of anilines is 1. The number of benzene rings is 2. The summed E-state index contributed by atoms with van der Waals surface area (Å²) in [5, 5.41) is 23.2. The quantitative estimate of drug-likeness (QED) is 0.504. The van der Waals surface area contributed by atoms with Crippen molar-refractivity contribution in [2.45, 2.75) is 67.3 Å². The molecule has 3 unspecified atom stereocenters. The van der Waals surface area contributed by atoms with Crippen LogP contribution < -0.4 is 5.32 Å². The number of halogens is 3. The van der Waals surface area contributed by atoms with Gasteiger partial charge in [0, 0.05) is 23.7 Å². The molecular weight excluding hydrogens is 500 g/mol. The molecule has 2 aromatic rings. The minimum Gasteiger partial charge on any atom is -0.390 e. The smallest absolute Gasteiger partial charge is 0.255 e. The molecule has 0 radical (unpaired) electrons. The van der Waals surface area contributed by atoms with E-state index in [0.717, 1.165) is 12.1 Å². The van der Waals surface area contributed by atoms with Crippen molar-refractivity contribution in [1.82, 2.24) is 0 Å². The van der Waals surface area contributed by atoms with E-state index >= 15 is 0 Å². The van der Waals surface area contributed by atoms with Crippen LogP contribution in [0.25, 0.3) is 0 Å². The molecule has 0 saturated heterocycles. The molecule has 0 spiro atoms. The zero-order valence-corrected chi connectivity index (χ0v) is 21.0. The maximum Gasteiger partial charge on any atom is 0.255 e. The second-order valence-electron chi connectivity index (χ2n) is 10.3. The lowest BCUT2D eigenvalue weighted by Crippen LogP contribution is -2.51. The van der Waals surface area contributed by atoms with E-state index in [0.29, 0.717) is 12.8 Å². The van der Waals surface area contributed by atoms with Crippen molar-refractivity contribution < 1.29 is 32.2 Å². The van der Waals surface area contributed by atoms with E-state index in [4.69, 9.17) is 11.6 Å². The predicted octanol–water partition coefficient (Wildman–Crippen LogP) is 4.72. The largest absolute Gasteiger partial charge is 0.390 e. The van der Waals surface area contributed by atoms with Gasteiger partial charge in [-0.2, -0.15) is 0 Å². The van der Waals surface area contributed by atoms with Crippen LogP contribution in [0.2, 0.25) is 5.02 Å². The van der Waals surface area contributed by atoms with Crippen LogP contribution in [-0.4, -0.2) is 41.0 Å². The molecule has 2 aliphatic carbocycles. The van der Waals surface area contributed by atoms with Gasteiger partial charge in [-0.25, -0.2) is 17.2 Å². The average molecular weight is 528 g/mol. The number of carbonyl (C=O) groups excluding carboxylic acids is 1. The summed E-state index contributed by atoms with van der Waals surface area (Å²) in [6.45, 7) is 3.26. The molecule has 2 bridgehead atoms. The number of nitrogens with one attached hydrogen (secondary N) is 1. The van der Waals surface area contributed by atoms with Crippen LogP contribution in [0.1, 0.15) is 56.3 Å². The Kier molecular flexibility index (Phi) is 6.76. The van der Waals surface area contributed by atoms with Crippen LogP contribution in [0.15, 0.2) is 41.3 Å². The first-order valence-electron chi connectivity index (χ1n) is 11.5. The van der Waals surface area contributed by atoms with Gasteiger partial charge in [-0.15, -0.1) is 0 Å². The number of rotatable bonds is 6. The Morgan fingerprint density at radius 3 is 2.31 bits per heavy atom. The summed E-state index contributed by atoms with van der Waals surface area (Å²) in [6, 6.07) is 6.75. The van der Waals surface area contributed by atoms with E-state index in [1.807, 2.05) is 0 Å². The normalized spacial score (nSPS) is 26.5. The summed E-state index contributed by atoms with van der Waals surface area (Å²) in [5.41, 5.74) is -2.20. The van der Waals surface area contributed by atoms with Crippen molar-refractivity contribution in [3.63, 3.8) is 0 Å². The number of carbonyl (C=O) groups is 1. The van der Waals surface area contributed by atoms with Crippen LogP contribution in [0, 0.1) is 23.5 Å². The van der Waals surface area contributed by atoms with Crippen molar-refractivity contribution in [3.8, 4) is 0 Å². The fourth-order valence-electron chi connectivity index (χ4n) is 5.66. The zero-order chi connectivity index (χ0) is 25.8. The van der Waals surface area contributed by atoms with Gasteiger partial charge in [0.25, 0.3) is 5.91 Å². The molecule has 6 nitrogen and oxygen atoms in total. The third kappa shape index (κ3) is 5.09. The van der Waals surface area contributed by atoms with Gasteiger partial charge in [0.15, 0.2) is 21.5 Å². The first kappa shape index (κ1) is 26.0. The van der Waals surface area contributed by atoms with E-state index in [9.17, 15) is 32.2 Å². The Balaban J connectivity index is 1.58. The molecule has 4 rings (SSSR count). The van der Waals surface area contributed by atoms with Crippen LogP contribution >= 0.6 is 11.6 Å². The summed E-state index contributed by atoms with van der Waals surface area (Å²) in [5.74, 6) is -3.43. The Morgan fingerprint density at radius 2 is 1.74 bits per heavy atom. The molecule has 0 aromatic heterocycles. The van der Waals surface area contributed by atoms with E-state index < -0.39 is 43.8 Å². The first-order chi connectivity index (χ1) is 16.2. The maximum absolute atomic E-state index is 13.6. The van der Waals surface area contributed by atoms with Crippen molar-refractivity contribution in [1.29, 1.82) is 0 Å². The highest BCUT2D eigenvalue weighted by atomic mass is 35.5. The van der Waals surface area contributed by atoms with Crippen LogP contribution in [0.5, 0.6) is 0 Å². The number of amides is 1. The molecular formula is C25H28ClF2NO5S. The summed E-state index contributed by atoms with van der Waals surface area (Å²) < 4.78 is 53.8. The van der Waals surface area contributed by atoms with E-state index in [-0.39, 0.29) is 52.3 Å². The predicted molar refractivity (Wildman–Crippen MR) is 128 cm³/mol. The van der Waals surface area contributed by atoms with Crippen molar-refractivity contribution in [2.75, 3.05) is 5.32 Å². The van der Waals surface area contributed by atoms with Crippen LogP contribution in [0.3, 0.4) is 0 Å². The number of aliphatic hydroxyl groups is 2. The first-order valence-corrected chi connectivity index (χ1v) is 13.4. The molecule has 1 amide bonds. The number of hydrogen-bond acceptors (Lipinski definition) is 5. The van der Waals surface area contributed by atoms with E-state index in [2.05, 4.69) is 5.32 Å². The van der Waals surface area contributed by atoms with E-state index in [1.54, 1.807) is 13.8 Å². The molecule has 10 heteroatoms. The summed E-state index contributed by atoms with van der Waals surface area (Å²) in [4.78, 5) is 12.5. The molecule has 2 aliphatic rings.